The van der Waals surface area contributed by atoms with Crippen LogP contribution >= 0.6 is 11.6 Å². The molecule has 2 rings (SSSR count). The number of nitrogens with zero attached hydrogens (tertiary/aromatic N) is 1. The van der Waals surface area contributed by atoms with E-state index in [-0.39, 0.29) is 5.91 Å². The zero-order valence-electron chi connectivity index (χ0n) is 11.2. The molecule has 1 aliphatic carbocycles. The van der Waals surface area contributed by atoms with Crippen LogP contribution in [-0.2, 0) is 0 Å². The monoisotopic (exact) mass is 281 g/mol. The van der Waals surface area contributed by atoms with Crippen LogP contribution in [0.25, 0.3) is 0 Å². The first-order valence-corrected chi connectivity index (χ1v) is 7.13. The summed E-state index contributed by atoms with van der Waals surface area (Å²) >= 11 is 5.96. The van der Waals surface area contributed by atoms with Crippen LogP contribution in [0, 0.1) is 11.8 Å². The van der Waals surface area contributed by atoms with Gasteiger partial charge in [-0.2, -0.15) is 0 Å². The third-order valence-electron chi connectivity index (χ3n) is 3.72. The van der Waals surface area contributed by atoms with E-state index in [9.17, 15) is 4.79 Å². The number of amides is 1. The molecule has 0 radical (unpaired) electrons. The van der Waals surface area contributed by atoms with E-state index in [1.807, 2.05) is 0 Å². The fraction of sp³-hybridized carbons (Fsp3) is 0.571. The molecule has 2 unspecified atom stereocenters. The summed E-state index contributed by atoms with van der Waals surface area (Å²) in [6, 6.07) is 1.52. The van der Waals surface area contributed by atoms with Crippen molar-refractivity contribution in [1.82, 2.24) is 10.3 Å². The Labute approximate surface area is 118 Å². The number of rotatable bonds is 3. The maximum absolute atomic E-state index is 12.1. The van der Waals surface area contributed by atoms with E-state index in [0.717, 1.165) is 5.92 Å². The third-order valence-corrected chi connectivity index (χ3v) is 4.02. The molecule has 4 nitrogen and oxygen atoms in total. The molecule has 1 aromatic rings. The van der Waals surface area contributed by atoms with Crippen molar-refractivity contribution in [2.75, 3.05) is 12.3 Å². The van der Waals surface area contributed by atoms with Crippen molar-refractivity contribution < 1.29 is 4.79 Å². The predicted molar refractivity (Wildman–Crippen MR) is 77.1 cm³/mol. The average molecular weight is 282 g/mol. The van der Waals surface area contributed by atoms with Crippen LogP contribution in [0.3, 0.4) is 0 Å². The molecule has 2 atom stereocenters. The summed E-state index contributed by atoms with van der Waals surface area (Å²) in [5, 5.41) is 3.29. The molecule has 0 saturated heterocycles. The van der Waals surface area contributed by atoms with Crippen molar-refractivity contribution in [3.63, 3.8) is 0 Å². The lowest BCUT2D eigenvalue weighted by Crippen LogP contribution is -2.31. The van der Waals surface area contributed by atoms with Gasteiger partial charge in [0.25, 0.3) is 5.91 Å². The maximum Gasteiger partial charge on any atom is 0.252 e. The highest BCUT2D eigenvalue weighted by atomic mass is 35.5. The molecule has 1 aliphatic rings. The first-order chi connectivity index (χ1) is 9.06. The zero-order valence-corrected chi connectivity index (χ0v) is 11.9. The number of nitrogens with one attached hydrogen (secondary N) is 1. The van der Waals surface area contributed by atoms with Crippen LogP contribution in [0.5, 0.6) is 0 Å². The molecular weight excluding hydrogens is 262 g/mol. The number of nitrogen functional groups attached to an aromatic ring is 1. The van der Waals surface area contributed by atoms with Gasteiger partial charge in [0, 0.05) is 12.7 Å². The second kappa shape index (κ2) is 6.24. The van der Waals surface area contributed by atoms with Crippen molar-refractivity contribution in [1.29, 1.82) is 0 Å². The number of carbonyl (C=O) groups excluding carboxylic acids is 1. The Hall–Kier alpha value is -1.29. The molecule has 0 aromatic carbocycles. The zero-order chi connectivity index (χ0) is 13.8. The van der Waals surface area contributed by atoms with Crippen molar-refractivity contribution in [2.24, 2.45) is 11.8 Å². The Morgan fingerprint density at radius 2 is 2.37 bits per heavy atom. The summed E-state index contributed by atoms with van der Waals surface area (Å²) in [5.41, 5.74) is 5.97. The molecule has 1 saturated carbocycles. The van der Waals surface area contributed by atoms with E-state index in [1.54, 1.807) is 0 Å². The summed E-state index contributed by atoms with van der Waals surface area (Å²) in [4.78, 5) is 15.9. The quantitative estimate of drug-likeness (QED) is 0.895. The molecule has 0 aliphatic heterocycles. The van der Waals surface area contributed by atoms with Crippen LogP contribution in [-0.4, -0.2) is 17.4 Å². The molecule has 1 heterocycles. The van der Waals surface area contributed by atoms with Gasteiger partial charge >= 0.3 is 0 Å². The van der Waals surface area contributed by atoms with Gasteiger partial charge in [-0.15, -0.1) is 0 Å². The largest absolute Gasteiger partial charge is 0.384 e. The Kier molecular flexibility index (Phi) is 4.64. The van der Waals surface area contributed by atoms with Crippen LogP contribution in [0.1, 0.15) is 43.0 Å². The first kappa shape index (κ1) is 14.1. The van der Waals surface area contributed by atoms with E-state index in [4.69, 9.17) is 17.3 Å². The van der Waals surface area contributed by atoms with Gasteiger partial charge in [-0.05, 0) is 30.7 Å². The topological polar surface area (TPSA) is 68.0 Å². The van der Waals surface area contributed by atoms with Crippen LogP contribution in [0.4, 0.5) is 5.82 Å². The minimum atomic E-state index is -0.169. The number of nitrogens with two attached hydrogens (primary N) is 1. The Balaban J connectivity index is 1.92. The molecule has 5 heteroatoms. The fourth-order valence-corrected chi connectivity index (χ4v) is 2.90. The molecule has 1 amide bonds. The second-order valence-corrected chi connectivity index (χ2v) is 5.84. The lowest BCUT2D eigenvalue weighted by molar-refractivity contribution is 0.0941. The second-order valence-electron chi connectivity index (χ2n) is 5.44. The highest BCUT2D eigenvalue weighted by Crippen LogP contribution is 2.28. The predicted octanol–water partition coefficient (Wildman–Crippen LogP) is 2.87. The number of hydrogen-bond donors (Lipinski definition) is 2. The lowest BCUT2D eigenvalue weighted by atomic mass is 9.82. The van der Waals surface area contributed by atoms with Gasteiger partial charge in [-0.25, -0.2) is 4.98 Å². The number of aromatic nitrogens is 1. The van der Waals surface area contributed by atoms with Crippen molar-refractivity contribution >= 4 is 23.3 Å². The van der Waals surface area contributed by atoms with Gasteiger partial charge in [0.1, 0.15) is 5.82 Å². The van der Waals surface area contributed by atoms with Gasteiger partial charge in [0.2, 0.25) is 0 Å². The normalized spacial score (nSPS) is 23.1. The standard InChI is InChI=1S/C14H20ClN3O/c1-9-3-2-4-10(5-9)7-18-14(19)11-6-13(16)17-8-12(11)15/h6,8-10H,2-5,7H2,1H3,(H2,16,17)(H,18,19). The number of halogens is 1. The van der Waals surface area contributed by atoms with Crippen molar-refractivity contribution in [3.8, 4) is 0 Å². The summed E-state index contributed by atoms with van der Waals surface area (Å²) < 4.78 is 0. The minimum Gasteiger partial charge on any atom is -0.384 e. The third kappa shape index (κ3) is 3.83. The fourth-order valence-electron chi connectivity index (χ4n) is 2.71. The molecule has 1 aromatic heterocycles. The molecular formula is C14H20ClN3O. The van der Waals surface area contributed by atoms with Gasteiger partial charge in [-0.3, -0.25) is 4.79 Å². The van der Waals surface area contributed by atoms with Gasteiger partial charge in [0.05, 0.1) is 10.6 Å². The number of carbonyl (C=O) groups is 1. The highest BCUT2D eigenvalue weighted by Gasteiger charge is 2.20. The lowest BCUT2D eigenvalue weighted by Gasteiger charge is -2.26. The SMILES string of the molecule is CC1CCCC(CNC(=O)c2cc(N)ncc2Cl)C1. The highest BCUT2D eigenvalue weighted by molar-refractivity contribution is 6.33. The van der Waals surface area contributed by atoms with Gasteiger partial charge in [-0.1, -0.05) is 31.4 Å². The van der Waals surface area contributed by atoms with E-state index in [1.165, 1.54) is 37.9 Å². The van der Waals surface area contributed by atoms with Crippen LogP contribution in [0.15, 0.2) is 12.3 Å². The molecule has 0 bridgehead atoms. The Morgan fingerprint density at radius 3 is 3.11 bits per heavy atom. The number of anilines is 1. The van der Waals surface area contributed by atoms with Gasteiger partial charge < -0.3 is 11.1 Å². The molecule has 1 fully saturated rings. The average Bonchev–Trinajstić information content (AvgIpc) is 2.39. The molecule has 104 valence electrons. The summed E-state index contributed by atoms with van der Waals surface area (Å²) in [6.45, 7) is 2.98. The number of hydrogen-bond acceptors (Lipinski definition) is 3. The van der Waals surface area contributed by atoms with Gasteiger partial charge in [0.15, 0.2) is 0 Å². The minimum absolute atomic E-state index is 0.169. The van der Waals surface area contributed by atoms with E-state index in [2.05, 4.69) is 17.2 Å². The maximum atomic E-state index is 12.1. The summed E-state index contributed by atoms with van der Waals surface area (Å²) in [7, 11) is 0. The summed E-state index contributed by atoms with van der Waals surface area (Å²) in [5.74, 6) is 1.47. The van der Waals surface area contributed by atoms with E-state index >= 15 is 0 Å². The molecule has 19 heavy (non-hydrogen) atoms. The van der Waals surface area contributed by atoms with E-state index in [0.29, 0.717) is 28.9 Å². The Bertz CT molecular complexity index is 464. The van der Waals surface area contributed by atoms with Crippen LogP contribution < -0.4 is 11.1 Å². The number of pyridine rings is 1. The van der Waals surface area contributed by atoms with Crippen LogP contribution in [0.2, 0.25) is 5.02 Å². The molecule has 3 N–H and O–H groups in total. The van der Waals surface area contributed by atoms with Crippen molar-refractivity contribution in [2.45, 2.75) is 32.6 Å². The smallest absolute Gasteiger partial charge is 0.252 e. The first-order valence-electron chi connectivity index (χ1n) is 6.75. The molecule has 0 spiro atoms. The Morgan fingerprint density at radius 1 is 1.58 bits per heavy atom. The van der Waals surface area contributed by atoms with Crippen molar-refractivity contribution in [3.05, 3.63) is 22.8 Å². The summed E-state index contributed by atoms with van der Waals surface area (Å²) in [6.07, 6.45) is 6.35. The van der Waals surface area contributed by atoms with E-state index < -0.39 is 0 Å².